The monoisotopic (exact) mass is 366 g/mol. The van der Waals surface area contributed by atoms with Crippen molar-refractivity contribution in [3.63, 3.8) is 0 Å². The summed E-state index contributed by atoms with van der Waals surface area (Å²) >= 11 is 0. The minimum absolute atomic E-state index is 0.167. The number of carbonyl (C=O) groups excluding carboxylic acids is 1. The number of amides is 1. The van der Waals surface area contributed by atoms with E-state index in [4.69, 9.17) is 9.47 Å². The minimum atomic E-state index is -0.235. The lowest BCUT2D eigenvalue weighted by molar-refractivity contribution is 0.0790. The second-order valence-electron chi connectivity index (χ2n) is 6.94. The van der Waals surface area contributed by atoms with E-state index in [2.05, 4.69) is 15.4 Å². The van der Waals surface area contributed by atoms with Gasteiger partial charge in [-0.2, -0.15) is 5.10 Å². The molecular formula is C20H22N4O3. The molecule has 3 heterocycles. The van der Waals surface area contributed by atoms with Gasteiger partial charge in [-0.1, -0.05) is 12.1 Å². The lowest BCUT2D eigenvalue weighted by Gasteiger charge is -2.26. The second-order valence-corrected chi connectivity index (χ2v) is 6.94. The number of pyridine rings is 1. The van der Waals surface area contributed by atoms with Crippen molar-refractivity contribution in [3.05, 3.63) is 47.8 Å². The first-order chi connectivity index (χ1) is 13.0. The van der Waals surface area contributed by atoms with Gasteiger partial charge in [-0.25, -0.2) is 9.67 Å². The van der Waals surface area contributed by atoms with Crippen LogP contribution in [0.3, 0.4) is 0 Å². The Balaban J connectivity index is 1.51. The molecule has 0 saturated heterocycles. The van der Waals surface area contributed by atoms with Gasteiger partial charge in [0, 0.05) is 11.7 Å². The van der Waals surface area contributed by atoms with Crippen LogP contribution >= 0.6 is 0 Å². The summed E-state index contributed by atoms with van der Waals surface area (Å²) in [6.45, 7) is 6.70. The van der Waals surface area contributed by atoms with Gasteiger partial charge in [0.2, 0.25) is 0 Å². The highest BCUT2D eigenvalue weighted by atomic mass is 16.6. The van der Waals surface area contributed by atoms with Crippen LogP contribution in [0.4, 0.5) is 0 Å². The Labute approximate surface area is 157 Å². The van der Waals surface area contributed by atoms with E-state index in [9.17, 15) is 4.79 Å². The predicted molar refractivity (Wildman–Crippen MR) is 101 cm³/mol. The Morgan fingerprint density at radius 2 is 2.11 bits per heavy atom. The normalized spacial score (nSPS) is 15.9. The van der Waals surface area contributed by atoms with Crippen molar-refractivity contribution in [2.75, 3.05) is 13.2 Å². The van der Waals surface area contributed by atoms with Crippen LogP contribution in [0.25, 0.3) is 11.0 Å². The maximum absolute atomic E-state index is 12.8. The number of aromatic nitrogens is 3. The summed E-state index contributed by atoms with van der Waals surface area (Å²) in [6, 6.07) is 9.48. The van der Waals surface area contributed by atoms with Crippen molar-refractivity contribution in [2.24, 2.45) is 0 Å². The summed E-state index contributed by atoms with van der Waals surface area (Å²) < 4.78 is 13.4. The van der Waals surface area contributed by atoms with Crippen LogP contribution < -0.4 is 14.8 Å². The van der Waals surface area contributed by atoms with Crippen LogP contribution in [0, 0.1) is 6.92 Å². The van der Waals surface area contributed by atoms with E-state index in [1.54, 1.807) is 12.3 Å². The summed E-state index contributed by atoms with van der Waals surface area (Å²) in [6.07, 6.45) is 1.47. The number of carbonyl (C=O) groups is 1. The molecule has 0 saturated carbocycles. The molecule has 1 atom stereocenters. The Morgan fingerprint density at radius 1 is 1.33 bits per heavy atom. The number of nitrogens with one attached hydrogen (secondary N) is 1. The molecule has 7 heteroatoms. The van der Waals surface area contributed by atoms with Crippen LogP contribution in [0.1, 0.15) is 35.9 Å². The lowest BCUT2D eigenvalue weighted by atomic mass is 10.1. The maximum Gasteiger partial charge on any atom is 0.252 e. The first-order valence-corrected chi connectivity index (χ1v) is 9.04. The number of rotatable bonds is 4. The molecule has 1 amide bonds. The minimum Gasteiger partial charge on any atom is -0.486 e. The van der Waals surface area contributed by atoms with Crippen LogP contribution in [0.5, 0.6) is 11.5 Å². The Morgan fingerprint density at radius 3 is 2.89 bits per heavy atom. The molecule has 1 aromatic carbocycles. The maximum atomic E-state index is 12.8. The van der Waals surface area contributed by atoms with Gasteiger partial charge in [0.25, 0.3) is 5.91 Å². The molecule has 0 unspecified atom stereocenters. The molecule has 0 fully saturated rings. The average molecular weight is 366 g/mol. The summed E-state index contributed by atoms with van der Waals surface area (Å²) in [4.78, 5) is 17.4. The molecule has 1 aliphatic heterocycles. The number of aryl methyl sites for hydroxylation is 1. The Hall–Kier alpha value is -3.09. The molecule has 27 heavy (non-hydrogen) atoms. The van der Waals surface area contributed by atoms with E-state index < -0.39 is 0 Å². The molecule has 1 aliphatic rings. The molecule has 0 spiro atoms. The van der Waals surface area contributed by atoms with E-state index in [1.165, 1.54) is 0 Å². The highest BCUT2D eigenvalue weighted by Gasteiger charge is 2.22. The third-order valence-corrected chi connectivity index (χ3v) is 4.49. The van der Waals surface area contributed by atoms with Crippen molar-refractivity contribution >= 4 is 16.9 Å². The van der Waals surface area contributed by atoms with Gasteiger partial charge in [-0.3, -0.25) is 4.79 Å². The summed E-state index contributed by atoms with van der Waals surface area (Å²) in [5.41, 5.74) is 2.07. The smallest absolute Gasteiger partial charge is 0.252 e. The zero-order chi connectivity index (χ0) is 19.0. The molecule has 3 aromatic rings. The average Bonchev–Trinajstić information content (AvgIpc) is 3.09. The highest BCUT2D eigenvalue weighted by molar-refractivity contribution is 6.05. The van der Waals surface area contributed by atoms with Gasteiger partial charge in [-0.15, -0.1) is 0 Å². The fourth-order valence-electron chi connectivity index (χ4n) is 3.17. The number of hydrogen-bond donors (Lipinski definition) is 1. The topological polar surface area (TPSA) is 78.3 Å². The van der Waals surface area contributed by atoms with Crippen LogP contribution in [0.2, 0.25) is 0 Å². The van der Waals surface area contributed by atoms with Crippen molar-refractivity contribution in [1.82, 2.24) is 20.1 Å². The second kappa shape index (κ2) is 6.90. The van der Waals surface area contributed by atoms with Crippen molar-refractivity contribution in [2.45, 2.75) is 32.9 Å². The van der Waals surface area contributed by atoms with E-state index in [0.29, 0.717) is 24.5 Å². The molecule has 2 aromatic heterocycles. The Bertz CT molecular complexity index is 996. The molecule has 140 valence electrons. The molecule has 0 bridgehead atoms. The van der Waals surface area contributed by atoms with Crippen molar-refractivity contribution in [3.8, 4) is 11.5 Å². The SMILES string of the molecule is Cc1cc(C(=O)NC[C@H]2COc3ccccc3O2)c2cnn(C(C)C)c2n1. The van der Waals surface area contributed by atoms with E-state index >= 15 is 0 Å². The number of ether oxygens (including phenoxy) is 2. The third-order valence-electron chi connectivity index (χ3n) is 4.49. The fraction of sp³-hybridized carbons (Fsp3) is 0.350. The van der Waals surface area contributed by atoms with Gasteiger partial charge >= 0.3 is 0 Å². The van der Waals surface area contributed by atoms with Crippen molar-refractivity contribution < 1.29 is 14.3 Å². The highest BCUT2D eigenvalue weighted by Crippen LogP contribution is 2.30. The number of benzene rings is 1. The van der Waals surface area contributed by atoms with Gasteiger partial charge in [0.15, 0.2) is 17.1 Å². The summed E-state index contributed by atoms with van der Waals surface area (Å²) in [5.74, 6) is 1.26. The van der Waals surface area contributed by atoms with Crippen LogP contribution in [-0.2, 0) is 0 Å². The van der Waals surface area contributed by atoms with Crippen molar-refractivity contribution in [1.29, 1.82) is 0 Å². The first kappa shape index (κ1) is 17.3. The summed E-state index contributed by atoms with van der Waals surface area (Å²) in [5, 5.41) is 8.08. The zero-order valence-electron chi connectivity index (χ0n) is 15.6. The molecule has 0 radical (unpaired) electrons. The number of para-hydroxylation sites is 2. The fourth-order valence-corrected chi connectivity index (χ4v) is 3.17. The number of hydrogen-bond acceptors (Lipinski definition) is 5. The standard InChI is InChI=1S/C20H22N4O3/c1-12(2)24-19-16(10-22-24)15(8-13(3)23-19)20(25)21-9-14-11-26-17-6-4-5-7-18(17)27-14/h4-8,10,12,14H,9,11H2,1-3H3,(H,21,25)/t14-/m0/s1. The largest absolute Gasteiger partial charge is 0.486 e. The van der Waals surface area contributed by atoms with Gasteiger partial charge in [0.1, 0.15) is 12.7 Å². The Kier molecular flexibility index (Phi) is 4.43. The molecule has 0 aliphatic carbocycles. The molecular weight excluding hydrogens is 344 g/mol. The van der Waals surface area contributed by atoms with Gasteiger partial charge < -0.3 is 14.8 Å². The first-order valence-electron chi connectivity index (χ1n) is 9.04. The molecule has 1 N–H and O–H groups in total. The number of fused-ring (bicyclic) bond motifs is 2. The molecule has 4 rings (SSSR count). The summed E-state index contributed by atoms with van der Waals surface area (Å²) in [7, 11) is 0. The van der Waals surface area contributed by atoms with Gasteiger partial charge in [0.05, 0.1) is 23.7 Å². The van der Waals surface area contributed by atoms with Crippen LogP contribution in [-0.4, -0.2) is 39.9 Å². The van der Waals surface area contributed by atoms with E-state index in [-0.39, 0.29) is 18.1 Å². The quantitative estimate of drug-likeness (QED) is 0.768. The predicted octanol–water partition coefficient (Wildman–Crippen LogP) is 2.89. The van der Waals surface area contributed by atoms with E-state index in [1.807, 2.05) is 49.7 Å². The lowest BCUT2D eigenvalue weighted by Crippen LogP contribution is -2.40. The molecule has 7 nitrogen and oxygen atoms in total. The van der Waals surface area contributed by atoms with Gasteiger partial charge in [-0.05, 0) is 39.0 Å². The third kappa shape index (κ3) is 3.32. The zero-order valence-corrected chi connectivity index (χ0v) is 15.6. The van der Waals surface area contributed by atoms with Crippen LogP contribution in [0.15, 0.2) is 36.5 Å². The van der Waals surface area contributed by atoms with E-state index in [0.717, 1.165) is 22.5 Å². The number of nitrogens with zero attached hydrogens (tertiary/aromatic N) is 3.